The molecule has 0 spiro atoms. The van der Waals surface area contributed by atoms with Crippen LogP contribution in [0.25, 0.3) is 11.3 Å². The Morgan fingerprint density at radius 2 is 1.79 bits per heavy atom. The smallest absolute Gasteiger partial charge is 0.291 e. The topological polar surface area (TPSA) is 85.2 Å². The zero-order valence-corrected chi connectivity index (χ0v) is 23.0. The zero-order chi connectivity index (χ0) is 28.0. The van der Waals surface area contributed by atoms with Crippen LogP contribution in [0.1, 0.15) is 40.2 Å². The van der Waals surface area contributed by atoms with Crippen LogP contribution in [0.5, 0.6) is 5.75 Å². The number of imidazole rings is 1. The molecule has 3 rings (SSSR count). The van der Waals surface area contributed by atoms with Gasteiger partial charge in [-0.25, -0.2) is 9.37 Å². The van der Waals surface area contributed by atoms with E-state index >= 15 is 0 Å². The highest BCUT2D eigenvalue weighted by Crippen LogP contribution is 2.30. The fourth-order valence-electron chi connectivity index (χ4n) is 3.91. The van der Waals surface area contributed by atoms with Gasteiger partial charge in [-0.15, -0.1) is 0 Å². The summed E-state index contributed by atoms with van der Waals surface area (Å²) in [5.41, 5.74) is 0.788. The number of hydrogen-bond donors (Lipinski definition) is 2. The van der Waals surface area contributed by atoms with Crippen LogP contribution < -0.4 is 15.4 Å². The number of carbonyl (C=O) groups excluding carboxylic acids is 2. The Morgan fingerprint density at radius 3 is 2.45 bits per heavy atom. The van der Waals surface area contributed by atoms with Gasteiger partial charge in [0.2, 0.25) is 5.82 Å². The summed E-state index contributed by atoms with van der Waals surface area (Å²) >= 11 is 6.32. The summed E-state index contributed by atoms with van der Waals surface area (Å²) in [6, 6.07) is 7.21. The average Bonchev–Trinajstić information content (AvgIpc) is 3.23. The third-order valence-corrected chi connectivity index (χ3v) is 6.31. The first-order chi connectivity index (χ1) is 17.9. The lowest BCUT2D eigenvalue weighted by Crippen LogP contribution is -2.35. The van der Waals surface area contributed by atoms with Gasteiger partial charge in [0.1, 0.15) is 0 Å². The summed E-state index contributed by atoms with van der Waals surface area (Å²) in [4.78, 5) is 29.4. The number of methoxy groups -OCH3 is 1. The van der Waals surface area contributed by atoms with Crippen molar-refractivity contribution < 1.29 is 27.6 Å². The fraction of sp³-hybridized carbons (Fsp3) is 0.370. The largest absolute Gasteiger partial charge is 0.494 e. The molecule has 0 saturated heterocycles. The van der Waals surface area contributed by atoms with Crippen LogP contribution in [0.3, 0.4) is 0 Å². The van der Waals surface area contributed by atoms with Crippen molar-refractivity contribution in [3.63, 3.8) is 0 Å². The summed E-state index contributed by atoms with van der Waals surface area (Å²) in [6.45, 7) is 1.62. The second kappa shape index (κ2) is 12.4. The molecule has 2 aromatic carbocycles. The van der Waals surface area contributed by atoms with E-state index in [0.29, 0.717) is 17.8 Å². The fourth-order valence-corrected chi connectivity index (χ4v) is 4.17. The Morgan fingerprint density at radius 1 is 1.05 bits per heavy atom. The van der Waals surface area contributed by atoms with Crippen molar-refractivity contribution in [2.75, 3.05) is 46.7 Å². The number of hydrogen-bond acceptors (Lipinski definition) is 4. The molecule has 1 heterocycles. The van der Waals surface area contributed by atoms with Crippen molar-refractivity contribution in [2.24, 2.45) is 7.05 Å². The predicted molar refractivity (Wildman–Crippen MR) is 144 cm³/mol. The van der Waals surface area contributed by atoms with Crippen LogP contribution in [-0.2, 0) is 7.05 Å². The summed E-state index contributed by atoms with van der Waals surface area (Å²) in [7, 11) is 9.20. The van der Waals surface area contributed by atoms with Crippen LogP contribution in [-0.4, -0.2) is 67.2 Å². The van der Waals surface area contributed by atoms with Gasteiger partial charge in [-0.2, -0.15) is 4.39 Å². The van der Waals surface area contributed by atoms with Crippen LogP contribution in [0.4, 0.5) is 14.5 Å². The van der Waals surface area contributed by atoms with E-state index in [-0.39, 0.29) is 33.8 Å². The first-order valence-corrected chi connectivity index (χ1v) is 12.5. The summed E-state index contributed by atoms with van der Waals surface area (Å²) in [5, 5.41) is 5.72. The maximum atomic E-state index is 14.6. The number of amides is 2. The molecule has 204 valence electrons. The number of carbonyl (C=O) groups is 2. The molecule has 0 aliphatic carbocycles. The maximum Gasteiger partial charge on any atom is 0.291 e. The van der Waals surface area contributed by atoms with E-state index < -0.39 is 17.5 Å². The monoisotopic (exact) mass is 548 g/mol. The number of aromatic nitrogens is 2. The molecule has 38 heavy (non-hydrogen) atoms. The third kappa shape index (κ3) is 7.08. The highest BCUT2D eigenvalue weighted by atomic mass is 35.5. The lowest BCUT2D eigenvalue weighted by Gasteiger charge is -2.23. The minimum absolute atomic E-state index is 0.0289. The standard InChI is InChI=1S/C27H32ClF2N5O3/c1-34-21(19-11-12-22(38-5)24(30)23(19)29)16-32-25(34)27(37)33-17-9-10-18(20(28)15-17)26(36)31-13-7-6-8-14-35(2,3)4/h9-12,15-16H,6-8,13-14H2,1-5H3,(H-,31,33,36,37)/p+1. The molecule has 0 atom stereocenters. The Bertz CT molecular complexity index is 1320. The van der Waals surface area contributed by atoms with Gasteiger partial charge in [0.15, 0.2) is 17.4 Å². The second-order valence-corrected chi connectivity index (χ2v) is 10.4. The van der Waals surface area contributed by atoms with Gasteiger partial charge in [-0.1, -0.05) is 11.6 Å². The SMILES string of the molecule is COc1ccc(-c2cnc(C(=O)Nc3ccc(C(=O)NCCCCC[N+](C)(C)C)c(Cl)c3)n2C)c(F)c1F. The van der Waals surface area contributed by atoms with Crippen molar-refractivity contribution in [3.8, 4) is 17.0 Å². The number of rotatable bonds is 11. The molecule has 1 aromatic heterocycles. The number of halogens is 3. The minimum atomic E-state index is -1.13. The van der Waals surface area contributed by atoms with Crippen molar-refractivity contribution in [1.82, 2.24) is 14.9 Å². The number of benzene rings is 2. The average molecular weight is 549 g/mol. The summed E-state index contributed by atoms with van der Waals surface area (Å²) in [6.07, 6.45) is 4.25. The Kier molecular flexibility index (Phi) is 9.45. The second-order valence-electron chi connectivity index (χ2n) is 9.95. The summed E-state index contributed by atoms with van der Waals surface area (Å²) < 4.78 is 35.8. The molecule has 0 fully saturated rings. The van der Waals surface area contributed by atoms with Crippen LogP contribution >= 0.6 is 11.6 Å². The van der Waals surface area contributed by atoms with Gasteiger partial charge in [0.05, 0.1) is 57.3 Å². The number of nitrogens with zero attached hydrogens (tertiary/aromatic N) is 3. The van der Waals surface area contributed by atoms with E-state index in [1.807, 2.05) is 0 Å². The zero-order valence-electron chi connectivity index (χ0n) is 22.2. The van der Waals surface area contributed by atoms with E-state index in [1.54, 1.807) is 6.07 Å². The van der Waals surface area contributed by atoms with Crippen molar-refractivity contribution in [1.29, 1.82) is 0 Å². The molecule has 0 unspecified atom stereocenters. The van der Waals surface area contributed by atoms with Gasteiger partial charge in [-0.05, 0) is 49.6 Å². The van der Waals surface area contributed by atoms with E-state index in [1.165, 1.54) is 49.2 Å². The van der Waals surface area contributed by atoms with Crippen molar-refractivity contribution >= 4 is 29.1 Å². The predicted octanol–water partition coefficient (Wildman–Crippen LogP) is 4.89. The van der Waals surface area contributed by atoms with Crippen LogP contribution in [0.15, 0.2) is 36.5 Å². The molecule has 8 nitrogen and oxygen atoms in total. The number of anilines is 1. The molecule has 0 bridgehead atoms. The third-order valence-electron chi connectivity index (χ3n) is 6.00. The van der Waals surface area contributed by atoms with Crippen LogP contribution in [0.2, 0.25) is 5.02 Å². The molecule has 0 saturated carbocycles. The Balaban J connectivity index is 1.62. The van der Waals surface area contributed by atoms with Gasteiger partial charge >= 0.3 is 0 Å². The van der Waals surface area contributed by atoms with Crippen LogP contribution in [0, 0.1) is 11.6 Å². The van der Waals surface area contributed by atoms with Crippen molar-refractivity contribution in [3.05, 3.63) is 64.6 Å². The van der Waals surface area contributed by atoms with E-state index in [0.717, 1.165) is 30.3 Å². The van der Waals surface area contributed by atoms with Gasteiger partial charge in [-0.3, -0.25) is 9.59 Å². The summed E-state index contributed by atoms with van der Waals surface area (Å²) in [5.74, 6) is -3.37. The minimum Gasteiger partial charge on any atom is -0.494 e. The quantitative estimate of drug-likeness (QED) is 0.264. The molecule has 0 aliphatic heterocycles. The van der Waals surface area contributed by atoms with Crippen molar-refractivity contribution in [2.45, 2.75) is 19.3 Å². The Labute approximate surface area is 226 Å². The molecular weight excluding hydrogens is 516 g/mol. The molecule has 2 N–H and O–H groups in total. The first-order valence-electron chi connectivity index (χ1n) is 12.2. The van der Waals surface area contributed by atoms with E-state index in [2.05, 4.69) is 36.8 Å². The number of nitrogens with one attached hydrogen (secondary N) is 2. The highest BCUT2D eigenvalue weighted by Gasteiger charge is 2.21. The van der Waals surface area contributed by atoms with Gasteiger partial charge in [0.25, 0.3) is 11.8 Å². The Hall–Kier alpha value is -3.50. The van der Waals surface area contributed by atoms with E-state index in [9.17, 15) is 18.4 Å². The highest BCUT2D eigenvalue weighted by molar-refractivity contribution is 6.34. The molecular formula is C27H33ClF2N5O3+. The number of unbranched alkanes of at least 4 members (excludes halogenated alkanes) is 2. The molecule has 0 aliphatic rings. The number of ether oxygens (including phenoxy) is 1. The normalized spacial score (nSPS) is 11.4. The maximum absolute atomic E-state index is 14.6. The molecule has 3 aromatic rings. The van der Waals surface area contributed by atoms with Gasteiger partial charge < -0.3 is 24.4 Å². The van der Waals surface area contributed by atoms with Gasteiger partial charge in [0, 0.05) is 24.8 Å². The first kappa shape index (κ1) is 29.1. The lowest BCUT2D eigenvalue weighted by molar-refractivity contribution is -0.870. The van der Waals surface area contributed by atoms with E-state index in [4.69, 9.17) is 16.3 Å². The molecule has 2 amide bonds. The molecule has 0 radical (unpaired) electrons. The molecule has 11 heteroatoms. The number of quaternary nitrogens is 1. The lowest BCUT2D eigenvalue weighted by atomic mass is 10.1.